The van der Waals surface area contributed by atoms with E-state index in [4.69, 9.17) is 14.6 Å². The van der Waals surface area contributed by atoms with Gasteiger partial charge in [-0.1, -0.05) is 0 Å². The highest BCUT2D eigenvalue weighted by Gasteiger charge is 2.38. The van der Waals surface area contributed by atoms with Gasteiger partial charge in [-0.15, -0.1) is 0 Å². The number of amides is 1. The van der Waals surface area contributed by atoms with E-state index in [-0.39, 0.29) is 35.6 Å². The highest BCUT2D eigenvalue weighted by molar-refractivity contribution is 5.98. The molecule has 0 spiro atoms. The molecule has 1 N–H and O–H groups in total. The minimum Gasteiger partial charge on any atom is -0.493 e. The number of likely N-dealkylation sites (tertiary alicyclic amines) is 1. The summed E-state index contributed by atoms with van der Waals surface area (Å²) in [5.41, 5.74) is 0.246. The minimum absolute atomic E-state index is 0.0702. The molecule has 1 aromatic carbocycles. The van der Waals surface area contributed by atoms with Gasteiger partial charge < -0.3 is 19.5 Å². The summed E-state index contributed by atoms with van der Waals surface area (Å²) < 4.78 is 47.8. The second kappa shape index (κ2) is 7.20. The zero-order valence-corrected chi connectivity index (χ0v) is 13.7. The molecular formula is C16H18F3NO5. The summed E-state index contributed by atoms with van der Waals surface area (Å²) in [6.45, 7) is 0.280. The lowest BCUT2D eigenvalue weighted by Gasteiger charge is -2.38. The second-order valence-corrected chi connectivity index (χ2v) is 5.63. The van der Waals surface area contributed by atoms with Gasteiger partial charge in [0, 0.05) is 18.5 Å². The molecule has 9 heteroatoms. The average molecular weight is 361 g/mol. The fourth-order valence-corrected chi connectivity index (χ4v) is 2.68. The summed E-state index contributed by atoms with van der Waals surface area (Å²) in [7, 11) is 2.61. The van der Waals surface area contributed by atoms with Gasteiger partial charge in [0.25, 0.3) is 5.91 Å². The quantitative estimate of drug-likeness (QED) is 0.843. The van der Waals surface area contributed by atoms with Crippen molar-refractivity contribution in [3.63, 3.8) is 0 Å². The summed E-state index contributed by atoms with van der Waals surface area (Å²) >= 11 is 0. The highest BCUT2D eigenvalue weighted by atomic mass is 19.4. The first kappa shape index (κ1) is 18.9. The number of carboxylic acid groups (broad SMARTS) is 1. The number of aliphatic carboxylic acids is 1. The third-order valence-electron chi connectivity index (χ3n) is 4.05. The average Bonchev–Trinajstić information content (AvgIpc) is 2.49. The van der Waals surface area contributed by atoms with Gasteiger partial charge in [0.05, 0.1) is 14.2 Å². The van der Waals surface area contributed by atoms with Crippen LogP contribution >= 0.6 is 0 Å². The lowest BCUT2D eigenvalue weighted by Crippen LogP contribution is -2.55. The maximum atomic E-state index is 12.5. The Morgan fingerprint density at radius 1 is 1.28 bits per heavy atom. The lowest BCUT2D eigenvalue weighted by molar-refractivity contribution is -0.146. The second-order valence-electron chi connectivity index (χ2n) is 5.63. The number of hydrogen-bond donors (Lipinski definition) is 1. The number of carboxylic acids is 1. The fraction of sp³-hybridized carbons (Fsp3) is 0.500. The van der Waals surface area contributed by atoms with Crippen LogP contribution in [-0.2, 0) is 11.2 Å². The smallest absolute Gasteiger partial charge is 0.389 e. The molecule has 1 saturated heterocycles. The molecule has 1 heterocycles. The van der Waals surface area contributed by atoms with Crippen LogP contribution in [0.3, 0.4) is 0 Å². The van der Waals surface area contributed by atoms with Crippen LogP contribution in [0.1, 0.15) is 28.8 Å². The van der Waals surface area contributed by atoms with Crippen LogP contribution in [-0.4, -0.2) is 54.9 Å². The molecular weight excluding hydrogens is 343 g/mol. The standard InChI is InChI=1S/C16H18F3NO5/c1-24-12-8-10(14(21)20-6-4-11(20)15(22)23)7-9(13(12)25-2)3-5-16(17,18)19/h7-8,11H,3-6H2,1-2H3,(H,22,23)/t11-/m1/s1. The van der Waals surface area contributed by atoms with Crippen molar-refractivity contribution in [1.82, 2.24) is 4.90 Å². The van der Waals surface area contributed by atoms with E-state index in [9.17, 15) is 22.8 Å². The molecule has 1 aromatic rings. The molecule has 0 radical (unpaired) electrons. The van der Waals surface area contributed by atoms with Crippen LogP contribution < -0.4 is 9.47 Å². The van der Waals surface area contributed by atoms with Gasteiger partial charge in [0.2, 0.25) is 0 Å². The first-order valence-electron chi connectivity index (χ1n) is 7.53. The van der Waals surface area contributed by atoms with Gasteiger partial charge in [-0.05, 0) is 30.5 Å². The Kier molecular flexibility index (Phi) is 5.44. The van der Waals surface area contributed by atoms with E-state index >= 15 is 0 Å². The van der Waals surface area contributed by atoms with Gasteiger partial charge >= 0.3 is 12.1 Å². The molecule has 25 heavy (non-hydrogen) atoms. The Labute approximate surface area is 142 Å². The van der Waals surface area contributed by atoms with Crippen molar-refractivity contribution in [2.75, 3.05) is 20.8 Å². The molecule has 1 atom stereocenters. The van der Waals surface area contributed by atoms with Crippen molar-refractivity contribution in [3.05, 3.63) is 23.3 Å². The molecule has 6 nitrogen and oxygen atoms in total. The number of hydrogen-bond acceptors (Lipinski definition) is 4. The van der Waals surface area contributed by atoms with Crippen molar-refractivity contribution in [1.29, 1.82) is 0 Å². The SMILES string of the molecule is COc1cc(C(=O)N2CC[C@@H]2C(=O)O)cc(CCC(F)(F)F)c1OC. The first-order chi connectivity index (χ1) is 11.7. The molecule has 1 aliphatic rings. The van der Waals surface area contributed by atoms with Crippen LogP contribution in [0.4, 0.5) is 13.2 Å². The van der Waals surface area contributed by atoms with Crippen LogP contribution in [0.25, 0.3) is 0 Å². The summed E-state index contributed by atoms with van der Waals surface area (Å²) in [5, 5.41) is 9.05. The maximum absolute atomic E-state index is 12.5. The van der Waals surface area contributed by atoms with Crippen molar-refractivity contribution < 1.29 is 37.3 Å². The highest BCUT2D eigenvalue weighted by Crippen LogP contribution is 2.36. The normalized spacial score (nSPS) is 17.0. The Morgan fingerprint density at radius 3 is 2.40 bits per heavy atom. The van der Waals surface area contributed by atoms with Gasteiger partial charge in [-0.25, -0.2) is 4.79 Å². The van der Waals surface area contributed by atoms with Gasteiger partial charge in [-0.2, -0.15) is 13.2 Å². The Bertz CT molecular complexity index is 674. The van der Waals surface area contributed by atoms with Gasteiger partial charge in [0.15, 0.2) is 11.5 Å². The molecule has 0 aromatic heterocycles. The van der Waals surface area contributed by atoms with E-state index in [2.05, 4.69) is 0 Å². The van der Waals surface area contributed by atoms with Crippen LogP contribution in [0.2, 0.25) is 0 Å². The minimum atomic E-state index is -4.36. The van der Waals surface area contributed by atoms with E-state index in [1.54, 1.807) is 0 Å². The fourth-order valence-electron chi connectivity index (χ4n) is 2.68. The number of aryl methyl sites for hydroxylation is 1. The third-order valence-corrected chi connectivity index (χ3v) is 4.05. The third kappa shape index (κ3) is 4.15. The van der Waals surface area contributed by atoms with Gasteiger partial charge in [-0.3, -0.25) is 4.79 Å². The van der Waals surface area contributed by atoms with E-state index in [1.165, 1.54) is 26.4 Å². The number of alkyl halides is 3. The number of nitrogens with zero attached hydrogens (tertiary/aromatic N) is 1. The van der Waals surface area contributed by atoms with E-state index in [1.807, 2.05) is 0 Å². The monoisotopic (exact) mass is 361 g/mol. The summed E-state index contributed by atoms with van der Waals surface area (Å²) in [5.74, 6) is -1.43. The first-order valence-corrected chi connectivity index (χ1v) is 7.53. The molecule has 138 valence electrons. The largest absolute Gasteiger partial charge is 0.493 e. The van der Waals surface area contributed by atoms with E-state index in [0.29, 0.717) is 6.42 Å². The number of methoxy groups -OCH3 is 2. The molecule has 0 unspecified atom stereocenters. The lowest BCUT2D eigenvalue weighted by atomic mass is 9.98. The molecule has 1 aliphatic heterocycles. The zero-order valence-electron chi connectivity index (χ0n) is 13.7. The maximum Gasteiger partial charge on any atom is 0.389 e. The summed E-state index contributed by atoms with van der Waals surface area (Å²) in [6.07, 6.45) is -5.47. The predicted molar refractivity (Wildman–Crippen MR) is 81.0 cm³/mol. The van der Waals surface area contributed by atoms with E-state index in [0.717, 1.165) is 4.90 Å². The number of halogens is 3. The Hall–Kier alpha value is -2.45. The van der Waals surface area contributed by atoms with Gasteiger partial charge in [0.1, 0.15) is 6.04 Å². The molecule has 1 amide bonds. The Balaban J connectivity index is 2.35. The molecule has 0 saturated carbocycles. The number of carbonyl (C=O) groups is 2. The number of benzene rings is 1. The topological polar surface area (TPSA) is 76.1 Å². The molecule has 0 bridgehead atoms. The van der Waals surface area contributed by atoms with Crippen molar-refractivity contribution in [3.8, 4) is 11.5 Å². The van der Waals surface area contributed by atoms with Crippen molar-refractivity contribution >= 4 is 11.9 Å². The molecule has 2 rings (SSSR count). The zero-order chi connectivity index (χ0) is 18.8. The predicted octanol–water partition coefficient (Wildman–Crippen LogP) is 2.50. The van der Waals surface area contributed by atoms with Crippen LogP contribution in [0, 0.1) is 0 Å². The van der Waals surface area contributed by atoms with Crippen molar-refractivity contribution in [2.24, 2.45) is 0 Å². The molecule has 0 aliphatic carbocycles. The number of ether oxygens (including phenoxy) is 2. The molecule has 1 fully saturated rings. The van der Waals surface area contributed by atoms with Crippen LogP contribution in [0.5, 0.6) is 11.5 Å². The van der Waals surface area contributed by atoms with Crippen LogP contribution in [0.15, 0.2) is 12.1 Å². The summed E-state index contributed by atoms with van der Waals surface area (Å²) in [4.78, 5) is 24.7. The van der Waals surface area contributed by atoms with E-state index < -0.39 is 30.5 Å². The Morgan fingerprint density at radius 2 is 1.96 bits per heavy atom. The van der Waals surface area contributed by atoms with Crippen molar-refractivity contribution in [2.45, 2.75) is 31.5 Å². The number of rotatable bonds is 6. The summed E-state index contributed by atoms with van der Waals surface area (Å²) in [6, 6.07) is 1.72. The number of carbonyl (C=O) groups excluding carboxylic acids is 1.